The van der Waals surface area contributed by atoms with Crippen molar-refractivity contribution in [1.82, 2.24) is 64.4 Å². The topological polar surface area (TPSA) is 463 Å². The number of pyridine rings is 4. The lowest BCUT2D eigenvalue weighted by atomic mass is 9.89. The number of hydrogen-bond acceptors (Lipinski definition) is 27. The van der Waals surface area contributed by atoms with Crippen LogP contribution in [0.1, 0.15) is 285 Å². The number of esters is 2. The maximum Gasteiger partial charge on any atom is 0.435 e. The lowest BCUT2D eigenvalue weighted by Gasteiger charge is -2.22. The Labute approximate surface area is 828 Å². The zero-order valence-electron chi connectivity index (χ0n) is 85.7. The van der Waals surface area contributed by atoms with E-state index in [1.807, 2.05) is 47.6 Å². The number of aliphatic hydroxyl groups excluding tert-OH is 1. The summed E-state index contributed by atoms with van der Waals surface area (Å²) >= 11 is 23.3. The van der Waals surface area contributed by atoms with E-state index in [1.165, 1.54) is 84.1 Å². The molecule has 9 heterocycles. The van der Waals surface area contributed by atoms with Gasteiger partial charge in [0.05, 0.1) is 61.3 Å². The number of ether oxygens (including phenoxy) is 8. The first-order chi connectivity index (χ1) is 62.3. The van der Waals surface area contributed by atoms with E-state index in [4.69, 9.17) is 105 Å². The van der Waals surface area contributed by atoms with Crippen molar-refractivity contribution < 1.29 is 95.2 Å². The van der Waals surface area contributed by atoms with Gasteiger partial charge in [-0.2, -0.15) is 9.78 Å². The first-order valence-electron chi connectivity index (χ1n) is 44.4. The van der Waals surface area contributed by atoms with E-state index in [-0.39, 0.29) is 88.3 Å². The number of carboxylic acid groups (broad SMARTS) is 2. The number of carboxylic acids is 2. The van der Waals surface area contributed by atoms with Crippen LogP contribution < -0.4 is 29.4 Å². The molecule has 0 bridgehead atoms. The van der Waals surface area contributed by atoms with Crippen LogP contribution in [-0.2, 0) is 38.6 Å². The fraction of sp³-hybridized carbons (Fsp3) is 0.577. The molecule has 40 heteroatoms. The maximum absolute atomic E-state index is 12.1. The van der Waals surface area contributed by atoms with Crippen LogP contribution in [0.2, 0.25) is 20.6 Å². The number of nitrogens with one attached hydrogen (secondary N) is 2. The van der Waals surface area contributed by atoms with E-state index >= 15 is 0 Å². The zero-order valence-corrected chi connectivity index (χ0v) is 89.5. The molecule has 10 rings (SSSR count). The number of aliphatic hydroxyl groups is 1. The molecule has 137 heavy (non-hydrogen) atoms. The number of aliphatic carboxylic acids is 1. The highest BCUT2D eigenvalue weighted by Gasteiger charge is 2.32. The summed E-state index contributed by atoms with van der Waals surface area (Å²) in [5.41, 5.74) is -1.46. The number of aromatic nitrogens is 12. The number of nitrogens with zero attached hydrogens (tertiary/aromatic N) is 12. The standard InChI is InChI=1S/C18H24ClN3O3.C15H25N3O2S.C14H16ClN3O3.C13H22N2O3.C10H11Cl2NO2.C9H13NO3.C8H14N2O.C5H10O2.C5H12O/c1-17(2,3)11-24-14-9-10-22(21-14)13-8-7-12(15(19)20-13)16(23)25-18(4,5)6;1-15(2)9-8-12(11-15)5-4-10-17-13-6-3-7-14(18-13)21(16,19)20;1-14(2,3)8-21-11-6-7-18(17-11)10-5-4-9(13(19)20)12(15)16-10;1-12(2,3)9-17-10-7-8-15(14-10)11(16)18-13(4,5)6;1-10(2,3)15-9(14)6-4-5-7(11)13-8(6)12;1-9(2,3)13-8(12)10-5-4-7(11)6-10;1-8(2,3)6-11-7-4-5-9-10-7;1-5(2,3)4(6)7;1-5(2,3)4-6/h7-10H,11H2,1-6H3;3,6-7,12H,4-5,8-11H2,1-2H3,(H,17,18)(H2,16,19,20);4-7H,8H2,1-3H3,(H,19,20);7-8H,9H2,1-6H3;4-5H,1-3H3;4-5H,6H2,1-3H3;4-5H,6H2,1-3H3,(H,9,10);1-3H3,(H,6,7);6H,4H2,1-3H3/t;12-;;;;;;;/m.1......./s1. The van der Waals surface area contributed by atoms with Gasteiger partial charge in [0.2, 0.25) is 23.5 Å². The van der Waals surface area contributed by atoms with Crippen molar-refractivity contribution in [2.24, 2.45) is 49.0 Å². The van der Waals surface area contributed by atoms with Crippen LogP contribution in [0.15, 0.2) is 121 Å². The van der Waals surface area contributed by atoms with Crippen LogP contribution in [0.5, 0.6) is 23.5 Å². The molecule has 1 aliphatic heterocycles. The number of primary sulfonamides is 1. The average Bonchev–Trinajstić information content (AvgIpc) is 1.75. The largest absolute Gasteiger partial charge is 0.481 e. The third-order valence-electron chi connectivity index (χ3n) is 16.5. The van der Waals surface area contributed by atoms with E-state index in [1.54, 1.807) is 149 Å². The van der Waals surface area contributed by atoms with Gasteiger partial charge in [-0.25, -0.2) is 71.9 Å². The number of rotatable bonds is 19. The third-order valence-corrected chi connectivity index (χ3v) is 18.4. The Bertz CT molecular complexity index is 5300. The van der Waals surface area contributed by atoms with Crippen molar-refractivity contribution in [2.75, 3.05) is 51.4 Å². The van der Waals surface area contributed by atoms with Gasteiger partial charge in [0, 0.05) is 62.2 Å². The number of aromatic amines is 1. The van der Waals surface area contributed by atoms with Crippen LogP contribution in [0.4, 0.5) is 15.4 Å². The monoisotopic (exact) mass is 2010 g/mol. The molecule has 35 nitrogen and oxygen atoms in total. The van der Waals surface area contributed by atoms with Crippen molar-refractivity contribution >= 4 is 104 Å². The van der Waals surface area contributed by atoms with E-state index in [9.17, 15) is 42.0 Å². The van der Waals surface area contributed by atoms with Crippen LogP contribution >= 0.6 is 46.4 Å². The second-order valence-electron chi connectivity index (χ2n) is 43.8. The van der Waals surface area contributed by atoms with Gasteiger partial charge in [-0.1, -0.05) is 170 Å². The highest BCUT2D eigenvalue weighted by atomic mass is 35.5. The van der Waals surface area contributed by atoms with Gasteiger partial charge in [-0.3, -0.25) is 14.5 Å². The first kappa shape index (κ1) is 123. The summed E-state index contributed by atoms with van der Waals surface area (Å²) in [6.45, 7) is 65.7. The number of carbonyl (C=O) groups is 7. The molecule has 1 atom stereocenters. The molecule has 0 radical (unpaired) electrons. The van der Waals surface area contributed by atoms with E-state index in [0.717, 1.165) is 29.4 Å². The Balaban J connectivity index is 0.000000535. The van der Waals surface area contributed by atoms with Gasteiger partial charge in [-0.15, -0.1) is 15.3 Å². The minimum absolute atomic E-state index is 0.0362. The highest BCUT2D eigenvalue weighted by Crippen LogP contribution is 2.43. The van der Waals surface area contributed by atoms with Gasteiger partial charge < -0.3 is 58.5 Å². The second-order valence-corrected chi connectivity index (χ2v) is 46.8. The molecule has 8 aromatic rings. The molecule has 1 aliphatic carbocycles. The van der Waals surface area contributed by atoms with Crippen LogP contribution in [-0.4, -0.2) is 198 Å². The Morgan fingerprint density at radius 1 is 0.526 bits per heavy atom. The quantitative estimate of drug-likeness (QED) is 0.0189. The molecule has 7 N–H and O–H groups in total. The minimum atomic E-state index is -3.73. The number of H-pyrrole nitrogens is 1. The summed E-state index contributed by atoms with van der Waals surface area (Å²) in [6.07, 6.45) is 14.7. The molecule has 2 aliphatic rings. The molecule has 0 unspecified atom stereocenters. The van der Waals surface area contributed by atoms with Crippen molar-refractivity contribution in [3.8, 4) is 35.2 Å². The van der Waals surface area contributed by atoms with Crippen molar-refractivity contribution in [3.05, 3.63) is 153 Å². The number of aromatic carboxylic acids is 1. The number of amides is 1. The third kappa shape index (κ3) is 55.0. The van der Waals surface area contributed by atoms with Crippen LogP contribution in [0, 0.1) is 43.8 Å². The summed E-state index contributed by atoms with van der Waals surface area (Å²) in [7, 11) is -3.73. The number of ketones is 1. The maximum atomic E-state index is 12.1. The molecule has 0 saturated heterocycles. The van der Waals surface area contributed by atoms with Gasteiger partial charge in [0.25, 0.3) is 10.0 Å². The van der Waals surface area contributed by atoms with E-state index in [2.05, 4.69) is 148 Å². The molecule has 1 amide bonds. The number of carbonyl (C=O) groups excluding carboxylic acids is 5. The molecule has 1 saturated carbocycles. The predicted molar refractivity (Wildman–Crippen MR) is 532 cm³/mol. The number of anilines is 1. The zero-order chi connectivity index (χ0) is 105. The smallest absolute Gasteiger partial charge is 0.435 e. The van der Waals surface area contributed by atoms with Crippen LogP contribution in [0.25, 0.3) is 11.6 Å². The molecule has 8 aromatic heterocycles. The van der Waals surface area contributed by atoms with Gasteiger partial charge >= 0.3 is 36.1 Å². The van der Waals surface area contributed by atoms with E-state index in [0.29, 0.717) is 66.9 Å². The summed E-state index contributed by atoms with van der Waals surface area (Å²) < 4.78 is 69.4. The molecule has 1 fully saturated rings. The molecule has 764 valence electrons. The highest BCUT2D eigenvalue weighted by molar-refractivity contribution is 7.89. The minimum Gasteiger partial charge on any atom is -0.481 e. The molecular formula is C97H147Cl4N15O20S. The fourth-order valence-electron chi connectivity index (χ4n) is 9.95. The Morgan fingerprint density at radius 3 is 1.31 bits per heavy atom. The summed E-state index contributed by atoms with van der Waals surface area (Å²) in [5, 5.41) is 53.1. The second kappa shape index (κ2) is 53.0. The van der Waals surface area contributed by atoms with Gasteiger partial charge in [0.15, 0.2) is 22.4 Å². The van der Waals surface area contributed by atoms with Crippen molar-refractivity contribution in [3.63, 3.8) is 0 Å². The first-order valence-corrected chi connectivity index (χ1v) is 47.4. The SMILES string of the molecule is CC(C)(C)C(=O)O.CC(C)(C)CO.CC(C)(C)COc1ccn(-c2ccc(C(=O)O)c(Cl)n2)n1.CC(C)(C)COc1ccn(-c2ccc(C(=O)OC(C)(C)C)c(Cl)n2)n1.CC(C)(C)COc1ccn(C(=O)OC(C)(C)C)n1.CC(C)(C)COc1ccn[nH]1.CC(C)(C)OC(=O)N1C=CC(=O)C1.CC(C)(C)OC(=O)c1ccc(Cl)nc1Cl.CC1(C)CC[C@@H](CCCNc2cccc(S(N)(=O)=O)n2)C1. The average molecular weight is 2020 g/mol. The summed E-state index contributed by atoms with van der Waals surface area (Å²) in [5.74, 6) is 1.48. The van der Waals surface area contributed by atoms with Gasteiger partial charge in [-0.05, 0) is 229 Å². The fourth-order valence-corrected chi connectivity index (χ4v) is 11.3. The number of sulfonamides is 1. The van der Waals surface area contributed by atoms with E-state index < -0.39 is 73.9 Å². The normalized spacial score (nSPS) is 13.7. The van der Waals surface area contributed by atoms with Crippen molar-refractivity contribution in [1.29, 1.82) is 0 Å². The molecule has 0 aromatic carbocycles. The number of hydrogen-bond donors (Lipinski definition) is 6. The van der Waals surface area contributed by atoms with Gasteiger partial charge in [0.1, 0.15) is 48.8 Å². The number of nitrogens with two attached hydrogens (primary N) is 1. The Kier molecular flexibility index (Phi) is 47.5. The lowest BCUT2D eigenvalue weighted by molar-refractivity contribution is -0.145. The number of halogens is 4. The summed E-state index contributed by atoms with van der Waals surface area (Å²) in [6, 6.07) is 20.9. The lowest BCUT2D eigenvalue weighted by Crippen LogP contribution is -2.33. The Hall–Kier alpha value is -10.5. The predicted octanol–water partition coefficient (Wildman–Crippen LogP) is 21.8. The Morgan fingerprint density at radius 2 is 0.942 bits per heavy atom. The molecule has 0 spiro atoms. The van der Waals surface area contributed by atoms with Crippen LogP contribution in [0.3, 0.4) is 0 Å². The summed E-state index contributed by atoms with van der Waals surface area (Å²) in [4.78, 5) is 95.7. The van der Waals surface area contributed by atoms with Crippen molar-refractivity contribution in [2.45, 2.75) is 281 Å². The molecular weight excluding hydrogens is 1870 g/mol.